The highest BCUT2D eigenvalue weighted by molar-refractivity contribution is 6.99. The van der Waals surface area contributed by atoms with Crippen LogP contribution in [0.2, 0.25) is 5.02 Å². The average Bonchev–Trinajstić information content (AvgIpc) is 3.07. The van der Waals surface area contributed by atoms with Gasteiger partial charge in [-0.1, -0.05) is 144 Å². The second-order valence-corrected chi connectivity index (χ2v) is 15.6. The van der Waals surface area contributed by atoms with Gasteiger partial charge in [0, 0.05) is 27.5 Å². The van der Waals surface area contributed by atoms with E-state index in [1.54, 1.807) is 0 Å². The maximum absolute atomic E-state index is 6.93. The van der Waals surface area contributed by atoms with Gasteiger partial charge in [0.2, 0.25) is 0 Å². The largest absolute Gasteiger partial charge is 0.458 e. The summed E-state index contributed by atoms with van der Waals surface area (Å²) in [5.74, 6) is 1.82. The zero-order valence-electron chi connectivity index (χ0n) is 28.4. The predicted molar refractivity (Wildman–Crippen MR) is 206 cm³/mol. The number of rotatable bonds is 3. The van der Waals surface area contributed by atoms with Gasteiger partial charge in [-0.2, -0.15) is 0 Å². The first kappa shape index (κ1) is 30.6. The zero-order valence-corrected chi connectivity index (χ0v) is 29.2. The van der Waals surface area contributed by atoms with Gasteiger partial charge in [-0.15, -0.1) is 0 Å². The molecule has 2 nitrogen and oxygen atoms in total. The number of hydrogen-bond acceptors (Lipinski definition) is 2. The number of halogens is 1. The molecule has 0 saturated carbocycles. The molecule has 4 heteroatoms. The van der Waals surface area contributed by atoms with Crippen LogP contribution in [0.25, 0.3) is 22.3 Å². The SMILES string of the molecule is CC(C)(C)c1ccc2c(c1)B1c3cc(Cl)ccc3N(c3c(-c4ccccc4)cccc3-c3ccccc3)c3cc(C(C)(C)C)cc(c31)O2. The Balaban J connectivity index is 1.51. The van der Waals surface area contributed by atoms with E-state index in [1.165, 1.54) is 49.8 Å². The molecule has 0 aliphatic carbocycles. The van der Waals surface area contributed by atoms with Crippen LogP contribution in [0.15, 0.2) is 127 Å². The van der Waals surface area contributed by atoms with E-state index in [2.05, 4.69) is 168 Å². The summed E-state index contributed by atoms with van der Waals surface area (Å²) in [6, 6.07) is 46.0. The summed E-state index contributed by atoms with van der Waals surface area (Å²) in [6.07, 6.45) is 0. The quantitative estimate of drug-likeness (QED) is 0.178. The number of para-hydroxylation sites is 1. The maximum Gasteiger partial charge on any atom is 0.256 e. The fraction of sp³-hybridized carbons (Fsp3) is 0.182. The maximum atomic E-state index is 6.93. The van der Waals surface area contributed by atoms with E-state index >= 15 is 0 Å². The molecule has 0 unspecified atom stereocenters. The molecule has 8 rings (SSSR count). The molecular weight excluding hydrogens is 605 g/mol. The number of nitrogens with zero attached hydrogens (tertiary/aromatic N) is 1. The Labute approximate surface area is 290 Å². The van der Waals surface area contributed by atoms with E-state index < -0.39 is 0 Å². The highest BCUT2D eigenvalue weighted by Crippen LogP contribution is 2.49. The summed E-state index contributed by atoms with van der Waals surface area (Å²) in [6.45, 7) is 13.6. The molecule has 0 N–H and O–H groups in total. The molecule has 0 spiro atoms. The van der Waals surface area contributed by atoms with Crippen LogP contribution < -0.4 is 26.0 Å². The third-order valence-electron chi connectivity index (χ3n) is 9.89. The number of ether oxygens (including phenoxy) is 1. The van der Waals surface area contributed by atoms with Crippen molar-refractivity contribution in [2.45, 2.75) is 52.4 Å². The summed E-state index contributed by atoms with van der Waals surface area (Å²) < 4.78 is 6.93. The van der Waals surface area contributed by atoms with Crippen molar-refractivity contribution in [2.24, 2.45) is 0 Å². The van der Waals surface area contributed by atoms with Gasteiger partial charge in [-0.25, -0.2) is 0 Å². The average molecular weight is 644 g/mol. The zero-order chi connectivity index (χ0) is 33.4. The van der Waals surface area contributed by atoms with Crippen molar-refractivity contribution in [3.05, 3.63) is 144 Å². The lowest BCUT2D eigenvalue weighted by atomic mass is 9.34. The Morgan fingerprint density at radius 2 is 1.17 bits per heavy atom. The van der Waals surface area contributed by atoms with E-state index in [1.807, 2.05) is 6.07 Å². The van der Waals surface area contributed by atoms with Crippen LogP contribution >= 0.6 is 11.6 Å². The van der Waals surface area contributed by atoms with Crippen molar-refractivity contribution in [3.8, 4) is 33.8 Å². The predicted octanol–water partition coefficient (Wildman–Crippen LogP) is 10.7. The summed E-state index contributed by atoms with van der Waals surface area (Å²) >= 11 is 6.90. The van der Waals surface area contributed by atoms with Gasteiger partial charge < -0.3 is 9.64 Å². The second-order valence-electron chi connectivity index (χ2n) is 15.2. The molecule has 2 aliphatic rings. The van der Waals surface area contributed by atoms with Crippen LogP contribution in [0.4, 0.5) is 17.1 Å². The minimum atomic E-state index is -0.103. The van der Waals surface area contributed by atoms with Crippen molar-refractivity contribution in [3.63, 3.8) is 0 Å². The molecule has 0 fully saturated rings. The van der Waals surface area contributed by atoms with Crippen LogP contribution in [0.1, 0.15) is 52.7 Å². The Kier molecular flexibility index (Phi) is 7.12. The molecule has 6 aromatic rings. The van der Waals surface area contributed by atoms with Gasteiger partial charge in [0.05, 0.1) is 5.69 Å². The lowest BCUT2D eigenvalue weighted by molar-refractivity contribution is 0.482. The third-order valence-corrected chi connectivity index (χ3v) is 10.1. The molecule has 0 atom stereocenters. The molecular formula is C44H39BClNO. The van der Waals surface area contributed by atoms with E-state index in [0.717, 1.165) is 33.6 Å². The first-order valence-electron chi connectivity index (χ1n) is 16.8. The van der Waals surface area contributed by atoms with Crippen LogP contribution in [-0.4, -0.2) is 6.71 Å². The summed E-state index contributed by atoms with van der Waals surface area (Å²) in [4.78, 5) is 2.49. The van der Waals surface area contributed by atoms with Crippen LogP contribution in [0, 0.1) is 0 Å². The number of hydrogen-bond donors (Lipinski definition) is 0. The monoisotopic (exact) mass is 643 g/mol. The third kappa shape index (κ3) is 5.04. The molecule has 0 saturated heterocycles. The van der Waals surface area contributed by atoms with Crippen molar-refractivity contribution in [1.82, 2.24) is 0 Å². The fourth-order valence-electron chi connectivity index (χ4n) is 7.35. The van der Waals surface area contributed by atoms with E-state index in [9.17, 15) is 0 Å². The molecule has 2 heterocycles. The van der Waals surface area contributed by atoms with E-state index in [-0.39, 0.29) is 17.5 Å². The molecule has 0 aromatic heterocycles. The Morgan fingerprint density at radius 1 is 0.542 bits per heavy atom. The molecule has 236 valence electrons. The van der Waals surface area contributed by atoms with Crippen molar-refractivity contribution >= 4 is 51.8 Å². The number of benzene rings is 6. The van der Waals surface area contributed by atoms with Crippen LogP contribution in [0.5, 0.6) is 11.5 Å². The first-order valence-corrected chi connectivity index (χ1v) is 17.2. The minimum absolute atomic E-state index is 0.00863. The van der Waals surface area contributed by atoms with Gasteiger partial charge >= 0.3 is 0 Å². The van der Waals surface area contributed by atoms with Crippen molar-refractivity contribution in [1.29, 1.82) is 0 Å². The summed E-state index contributed by atoms with van der Waals surface area (Å²) in [7, 11) is 0. The second kappa shape index (κ2) is 11.2. The Bertz CT molecular complexity index is 2140. The fourth-order valence-corrected chi connectivity index (χ4v) is 7.53. The van der Waals surface area contributed by atoms with Gasteiger partial charge in [0.25, 0.3) is 6.71 Å². The Hall–Kier alpha value is -4.73. The lowest BCUT2D eigenvalue weighted by Crippen LogP contribution is -2.59. The van der Waals surface area contributed by atoms with E-state index in [0.29, 0.717) is 0 Å². The molecule has 0 amide bonds. The van der Waals surface area contributed by atoms with Gasteiger partial charge in [-0.05, 0) is 85.9 Å². The number of fused-ring (bicyclic) bond motifs is 4. The lowest BCUT2D eigenvalue weighted by Gasteiger charge is -2.42. The minimum Gasteiger partial charge on any atom is -0.458 e. The molecule has 0 radical (unpaired) electrons. The van der Waals surface area contributed by atoms with Gasteiger partial charge in [0.1, 0.15) is 11.5 Å². The highest BCUT2D eigenvalue weighted by Gasteiger charge is 2.44. The summed E-state index contributed by atoms with van der Waals surface area (Å²) in [5, 5.41) is 0.727. The Morgan fingerprint density at radius 3 is 1.77 bits per heavy atom. The van der Waals surface area contributed by atoms with Crippen LogP contribution in [-0.2, 0) is 10.8 Å². The standard InChI is InChI=1S/C44H39BClNO/c1-43(2,3)30-20-23-39-36(24-30)45-35-27-32(46)21-22-37(35)47(38-25-31(44(4,5)6)26-40(48-39)41(38)45)42-33(28-14-9-7-10-15-28)18-13-19-34(42)29-16-11-8-12-17-29/h7-27H,1-6H3. The smallest absolute Gasteiger partial charge is 0.256 e. The number of anilines is 3. The summed E-state index contributed by atoms with van der Waals surface area (Å²) in [5.41, 5.74) is 14.0. The van der Waals surface area contributed by atoms with Crippen LogP contribution in [0.3, 0.4) is 0 Å². The van der Waals surface area contributed by atoms with E-state index in [4.69, 9.17) is 16.3 Å². The normalized spacial score (nSPS) is 13.4. The molecule has 0 bridgehead atoms. The van der Waals surface area contributed by atoms with Crippen molar-refractivity contribution < 1.29 is 4.74 Å². The molecule has 2 aliphatic heterocycles. The highest BCUT2D eigenvalue weighted by atomic mass is 35.5. The molecule has 6 aromatic carbocycles. The molecule has 48 heavy (non-hydrogen) atoms. The first-order chi connectivity index (χ1) is 23.0. The van der Waals surface area contributed by atoms with Crippen molar-refractivity contribution in [2.75, 3.05) is 4.90 Å². The topological polar surface area (TPSA) is 12.5 Å². The van der Waals surface area contributed by atoms with Gasteiger partial charge in [-0.3, -0.25) is 0 Å². The van der Waals surface area contributed by atoms with Gasteiger partial charge in [0.15, 0.2) is 0 Å².